The quantitative estimate of drug-likeness (QED) is 0.847. The van der Waals surface area contributed by atoms with E-state index in [4.69, 9.17) is 9.84 Å². The van der Waals surface area contributed by atoms with Crippen molar-refractivity contribution in [3.05, 3.63) is 29.3 Å². The van der Waals surface area contributed by atoms with Crippen molar-refractivity contribution in [3.8, 4) is 5.75 Å². The fraction of sp³-hybridized carbons (Fsp3) is 0.529. The molecule has 0 saturated heterocycles. The fourth-order valence-corrected chi connectivity index (χ4v) is 2.97. The van der Waals surface area contributed by atoms with Gasteiger partial charge in [-0.25, -0.2) is 0 Å². The lowest BCUT2D eigenvalue weighted by Gasteiger charge is -2.28. The number of carboxylic acids is 1. The molecular weight excluding hydrogens is 282 g/mol. The number of carbonyl (C=O) groups excluding carboxylic acids is 1. The molecule has 1 aliphatic carbocycles. The second-order valence-corrected chi connectivity index (χ2v) is 6.14. The SMILES string of the molecule is Cc1ccc(OCC(=O)NC2(CC(=O)O)CCCC2)cc1C. The van der Waals surface area contributed by atoms with Crippen LogP contribution < -0.4 is 10.1 Å². The summed E-state index contributed by atoms with van der Waals surface area (Å²) in [5, 5.41) is 11.9. The van der Waals surface area contributed by atoms with Gasteiger partial charge in [0.25, 0.3) is 5.91 Å². The number of amides is 1. The third-order valence-corrected chi connectivity index (χ3v) is 4.30. The molecule has 0 atom stereocenters. The second kappa shape index (κ2) is 6.81. The lowest BCUT2D eigenvalue weighted by molar-refractivity contribution is -0.139. The van der Waals surface area contributed by atoms with Gasteiger partial charge in [-0.2, -0.15) is 0 Å². The molecule has 2 rings (SSSR count). The Kier molecular flexibility index (Phi) is 5.06. The standard InChI is InChI=1S/C17H23NO4/c1-12-5-6-14(9-13(12)2)22-11-15(19)18-17(10-16(20)21)7-3-4-8-17/h5-6,9H,3-4,7-8,10-11H2,1-2H3,(H,18,19)(H,20,21). The molecule has 1 aromatic carbocycles. The van der Waals surface area contributed by atoms with Crippen LogP contribution in [0, 0.1) is 13.8 Å². The van der Waals surface area contributed by atoms with Gasteiger partial charge in [0.15, 0.2) is 6.61 Å². The maximum atomic E-state index is 12.1. The number of aryl methyl sites for hydroxylation is 2. The normalized spacial score (nSPS) is 16.3. The molecule has 0 spiro atoms. The zero-order chi connectivity index (χ0) is 16.2. The Labute approximate surface area is 130 Å². The molecule has 0 aliphatic heterocycles. The zero-order valence-electron chi connectivity index (χ0n) is 13.1. The molecule has 0 heterocycles. The summed E-state index contributed by atoms with van der Waals surface area (Å²) >= 11 is 0. The van der Waals surface area contributed by atoms with E-state index < -0.39 is 11.5 Å². The molecule has 1 fully saturated rings. The molecule has 5 heteroatoms. The first kappa shape index (κ1) is 16.3. The molecule has 22 heavy (non-hydrogen) atoms. The number of aliphatic carboxylic acids is 1. The number of hydrogen-bond acceptors (Lipinski definition) is 3. The summed E-state index contributed by atoms with van der Waals surface area (Å²) in [6.45, 7) is 3.91. The first-order chi connectivity index (χ1) is 10.4. The van der Waals surface area contributed by atoms with Crippen molar-refractivity contribution in [2.24, 2.45) is 0 Å². The van der Waals surface area contributed by atoms with Gasteiger partial charge < -0.3 is 15.2 Å². The molecule has 120 valence electrons. The van der Waals surface area contributed by atoms with Crippen LogP contribution in [0.25, 0.3) is 0 Å². The molecule has 1 amide bonds. The highest BCUT2D eigenvalue weighted by Crippen LogP contribution is 2.32. The summed E-state index contributed by atoms with van der Waals surface area (Å²) in [7, 11) is 0. The Hall–Kier alpha value is -2.04. The van der Waals surface area contributed by atoms with E-state index in [0.29, 0.717) is 18.6 Å². The first-order valence-electron chi connectivity index (χ1n) is 7.63. The zero-order valence-corrected chi connectivity index (χ0v) is 13.1. The Morgan fingerprint density at radius 2 is 1.91 bits per heavy atom. The highest BCUT2D eigenvalue weighted by Gasteiger charge is 2.37. The van der Waals surface area contributed by atoms with E-state index in [0.717, 1.165) is 18.4 Å². The minimum atomic E-state index is -0.878. The number of benzene rings is 1. The summed E-state index contributed by atoms with van der Waals surface area (Å²) in [6, 6.07) is 5.68. The van der Waals surface area contributed by atoms with Crippen LogP contribution in [0.4, 0.5) is 0 Å². The Bertz CT molecular complexity index is 562. The number of hydrogen-bond donors (Lipinski definition) is 2. The third kappa shape index (κ3) is 4.23. The molecule has 1 saturated carbocycles. The van der Waals surface area contributed by atoms with E-state index >= 15 is 0 Å². The van der Waals surface area contributed by atoms with Gasteiger partial charge in [0.1, 0.15) is 5.75 Å². The van der Waals surface area contributed by atoms with Crippen LogP contribution in [0.15, 0.2) is 18.2 Å². The molecule has 0 unspecified atom stereocenters. The molecule has 1 aliphatic rings. The monoisotopic (exact) mass is 305 g/mol. The van der Waals surface area contributed by atoms with Crippen LogP contribution in [-0.2, 0) is 9.59 Å². The molecule has 2 N–H and O–H groups in total. The topological polar surface area (TPSA) is 75.6 Å². The molecule has 0 radical (unpaired) electrons. The van der Waals surface area contributed by atoms with E-state index in [1.807, 2.05) is 32.0 Å². The molecule has 1 aromatic rings. The van der Waals surface area contributed by atoms with Crippen molar-refractivity contribution in [2.75, 3.05) is 6.61 Å². The van der Waals surface area contributed by atoms with Crippen molar-refractivity contribution in [1.29, 1.82) is 0 Å². The summed E-state index contributed by atoms with van der Waals surface area (Å²) in [6.07, 6.45) is 3.31. The van der Waals surface area contributed by atoms with Gasteiger partial charge in [-0.05, 0) is 49.9 Å². The summed E-state index contributed by atoms with van der Waals surface area (Å²) in [5.41, 5.74) is 1.68. The predicted molar refractivity (Wildman–Crippen MR) is 83.0 cm³/mol. The second-order valence-electron chi connectivity index (χ2n) is 6.14. The highest BCUT2D eigenvalue weighted by atomic mass is 16.5. The van der Waals surface area contributed by atoms with Crippen molar-refractivity contribution in [2.45, 2.75) is 51.5 Å². The lowest BCUT2D eigenvalue weighted by Crippen LogP contribution is -2.49. The fourth-order valence-electron chi connectivity index (χ4n) is 2.97. The minimum absolute atomic E-state index is 0.0254. The highest BCUT2D eigenvalue weighted by molar-refractivity contribution is 5.79. The molecule has 0 aromatic heterocycles. The number of ether oxygens (including phenoxy) is 1. The van der Waals surface area contributed by atoms with Crippen LogP contribution in [0.5, 0.6) is 5.75 Å². The maximum Gasteiger partial charge on any atom is 0.305 e. The van der Waals surface area contributed by atoms with Crippen molar-refractivity contribution in [3.63, 3.8) is 0 Å². The van der Waals surface area contributed by atoms with Crippen LogP contribution in [0.3, 0.4) is 0 Å². The van der Waals surface area contributed by atoms with Crippen molar-refractivity contribution in [1.82, 2.24) is 5.32 Å². The third-order valence-electron chi connectivity index (χ3n) is 4.30. The van der Waals surface area contributed by atoms with Gasteiger partial charge in [0, 0.05) is 0 Å². The van der Waals surface area contributed by atoms with Gasteiger partial charge >= 0.3 is 5.97 Å². The van der Waals surface area contributed by atoms with Gasteiger partial charge in [-0.15, -0.1) is 0 Å². The van der Waals surface area contributed by atoms with Gasteiger partial charge in [-0.1, -0.05) is 18.9 Å². The van der Waals surface area contributed by atoms with Crippen molar-refractivity contribution < 1.29 is 19.4 Å². The predicted octanol–water partition coefficient (Wildman–Crippen LogP) is 2.59. The largest absolute Gasteiger partial charge is 0.484 e. The summed E-state index contributed by atoms with van der Waals surface area (Å²) < 4.78 is 5.50. The Balaban J connectivity index is 1.91. The molecule has 5 nitrogen and oxygen atoms in total. The lowest BCUT2D eigenvalue weighted by atomic mass is 9.93. The van der Waals surface area contributed by atoms with Gasteiger partial charge in [0.2, 0.25) is 0 Å². The van der Waals surface area contributed by atoms with Crippen LogP contribution in [-0.4, -0.2) is 29.1 Å². The Morgan fingerprint density at radius 1 is 1.23 bits per heavy atom. The van der Waals surface area contributed by atoms with Gasteiger partial charge in [-0.3, -0.25) is 9.59 Å². The van der Waals surface area contributed by atoms with E-state index in [1.54, 1.807) is 0 Å². The van der Waals surface area contributed by atoms with E-state index in [9.17, 15) is 9.59 Å². The smallest absolute Gasteiger partial charge is 0.305 e. The number of carboxylic acid groups (broad SMARTS) is 1. The number of carbonyl (C=O) groups is 2. The summed E-state index contributed by atoms with van der Waals surface area (Å²) in [4.78, 5) is 23.1. The van der Waals surface area contributed by atoms with E-state index in [-0.39, 0.29) is 18.9 Å². The Morgan fingerprint density at radius 3 is 2.50 bits per heavy atom. The van der Waals surface area contributed by atoms with E-state index in [1.165, 1.54) is 5.56 Å². The van der Waals surface area contributed by atoms with Crippen LogP contribution in [0.2, 0.25) is 0 Å². The van der Waals surface area contributed by atoms with Crippen LogP contribution >= 0.6 is 0 Å². The molecular formula is C17H23NO4. The minimum Gasteiger partial charge on any atom is -0.484 e. The first-order valence-corrected chi connectivity index (χ1v) is 7.63. The van der Waals surface area contributed by atoms with Gasteiger partial charge in [0.05, 0.1) is 12.0 Å². The van der Waals surface area contributed by atoms with Crippen molar-refractivity contribution >= 4 is 11.9 Å². The molecule has 0 bridgehead atoms. The number of rotatable bonds is 6. The maximum absolute atomic E-state index is 12.1. The van der Waals surface area contributed by atoms with Crippen LogP contribution in [0.1, 0.15) is 43.2 Å². The average molecular weight is 305 g/mol. The summed E-state index contributed by atoms with van der Waals surface area (Å²) in [5.74, 6) is -0.490. The number of nitrogens with one attached hydrogen (secondary N) is 1. The average Bonchev–Trinajstić information content (AvgIpc) is 2.87. The van der Waals surface area contributed by atoms with E-state index in [2.05, 4.69) is 5.32 Å².